The second-order valence-electron chi connectivity index (χ2n) is 4.34. The molecular weight excluding hydrogens is 180 g/mol. The van der Waals surface area contributed by atoms with Crippen LogP contribution in [0.3, 0.4) is 0 Å². The summed E-state index contributed by atoms with van der Waals surface area (Å²) in [6, 6.07) is 0. The molecule has 78 valence electrons. The molecule has 0 amide bonds. The number of esters is 1. The van der Waals surface area contributed by atoms with Crippen molar-refractivity contribution in [3.63, 3.8) is 0 Å². The number of ketones is 1. The van der Waals surface area contributed by atoms with Gasteiger partial charge >= 0.3 is 5.97 Å². The molecule has 2 fully saturated rings. The lowest BCUT2D eigenvalue weighted by molar-refractivity contribution is -0.146. The Kier molecular flexibility index (Phi) is 2.85. The van der Waals surface area contributed by atoms with E-state index in [2.05, 4.69) is 0 Å². The lowest BCUT2D eigenvalue weighted by Crippen LogP contribution is -2.23. The number of Topliss-reactive ketones (excluding diaryl/α,β-unsaturated/α-hetero) is 1. The molecule has 1 heterocycles. The highest BCUT2D eigenvalue weighted by Gasteiger charge is 2.34. The molecule has 2 aliphatic rings. The molecule has 2 atom stereocenters. The topological polar surface area (TPSA) is 43.4 Å². The molecule has 1 saturated carbocycles. The molecule has 1 saturated heterocycles. The number of fused-ring (bicyclic) bond motifs is 1. The Hall–Kier alpha value is -0.860. The number of hydrogen-bond acceptors (Lipinski definition) is 3. The molecule has 2 rings (SSSR count). The van der Waals surface area contributed by atoms with E-state index in [9.17, 15) is 9.59 Å². The monoisotopic (exact) mass is 196 g/mol. The highest BCUT2D eigenvalue weighted by Crippen LogP contribution is 2.33. The summed E-state index contributed by atoms with van der Waals surface area (Å²) >= 11 is 0. The van der Waals surface area contributed by atoms with Gasteiger partial charge in [0.05, 0.1) is 0 Å². The van der Waals surface area contributed by atoms with Crippen molar-refractivity contribution < 1.29 is 14.3 Å². The number of carbonyl (C=O) groups excluding carboxylic acids is 2. The first-order chi connectivity index (χ1) is 6.77. The summed E-state index contributed by atoms with van der Waals surface area (Å²) in [6.45, 7) is 0.0139. The largest absolute Gasteiger partial charge is 0.458 e. The van der Waals surface area contributed by atoms with E-state index >= 15 is 0 Å². The van der Waals surface area contributed by atoms with Crippen molar-refractivity contribution in [3.8, 4) is 0 Å². The maximum absolute atomic E-state index is 11.7. The van der Waals surface area contributed by atoms with E-state index in [4.69, 9.17) is 4.74 Å². The summed E-state index contributed by atoms with van der Waals surface area (Å²) in [5.41, 5.74) is 0. The Morgan fingerprint density at radius 1 is 1.07 bits per heavy atom. The minimum atomic E-state index is -0.187. The molecule has 0 N–H and O–H groups in total. The Bertz CT molecular complexity index is 247. The number of cyclic esters (lactones) is 1. The fourth-order valence-electron chi connectivity index (χ4n) is 2.58. The molecular formula is C11H16O3. The minimum absolute atomic E-state index is 0.0139. The van der Waals surface area contributed by atoms with Crippen LogP contribution in [0.25, 0.3) is 0 Å². The van der Waals surface area contributed by atoms with E-state index < -0.39 is 0 Å². The van der Waals surface area contributed by atoms with Crippen LogP contribution < -0.4 is 0 Å². The molecule has 1 aliphatic heterocycles. The van der Waals surface area contributed by atoms with E-state index in [-0.39, 0.29) is 30.2 Å². The van der Waals surface area contributed by atoms with Gasteiger partial charge in [0.25, 0.3) is 0 Å². The van der Waals surface area contributed by atoms with Crippen LogP contribution in [0.1, 0.15) is 38.5 Å². The van der Waals surface area contributed by atoms with E-state index in [0.717, 1.165) is 25.7 Å². The zero-order valence-electron chi connectivity index (χ0n) is 8.33. The predicted molar refractivity (Wildman–Crippen MR) is 50.6 cm³/mol. The summed E-state index contributed by atoms with van der Waals surface area (Å²) in [5.74, 6) is 0.319. The van der Waals surface area contributed by atoms with E-state index in [1.54, 1.807) is 0 Å². The smallest absolute Gasteiger partial charge is 0.306 e. The van der Waals surface area contributed by atoms with Gasteiger partial charge in [0.2, 0.25) is 0 Å². The molecule has 0 unspecified atom stereocenters. The molecule has 0 radical (unpaired) electrons. The van der Waals surface area contributed by atoms with Gasteiger partial charge in [0.15, 0.2) is 5.78 Å². The maximum atomic E-state index is 11.7. The molecule has 3 nitrogen and oxygen atoms in total. The Morgan fingerprint density at radius 3 is 2.71 bits per heavy atom. The minimum Gasteiger partial charge on any atom is -0.458 e. The van der Waals surface area contributed by atoms with Crippen LogP contribution in [0.5, 0.6) is 0 Å². The van der Waals surface area contributed by atoms with Crippen LogP contribution in [0.4, 0.5) is 0 Å². The number of rotatable bonds is 0. The fraction of sp³-hybridized carbons (Fsp3) is 0.818. The van der Waals surface area contributed by atoms with E-state index in [1.807, 2.05) is 0 Å². The third-order valence-corrected chi connectivity index (χ3v) is 3.38. The summed E-state index contributed by atoms with van der Waals surface area (Å²) in [5, 5.41) is 0. The van der Waals surface area contributed by atoms with Gasteiger partial charge in [0.1, 0.15) is 6.61 Å². The van der Waals surface area contributed by atoms with Gasteiger partial charge in [-0.1, -0.05) is 19.3 Å². The highest BCUT2D eigenvalue weighted by atomic mass is 16.5. The normalized spacial score (nSPS) is 34.0. The van der Waals surface area contributed by atoms with Gasteiger partial charge in [-0.15, -0.1) is 0 Å². The first-order valence-corrected chi connectivity index (χ1v) is 5.45. The quantitative estimate of drug-likeness (QED) is 0.554. The second kappa shape index (κ2) is 4.11. The van der Waals surface area contributed by atoms with Crippen molar-refractivity contribution in [3.05, 3.63) is 0 Å². The van der Waals surface area contributed by atoms with Crippen LogP contribution in [0.2, 0.25) is 0 Å². The molecule has 3 heteroatoms. The zero-order valence-corrected chi connectivity index (χ0v) is 8.33. The Labute approximate surface area is 83.8 Å². The first-order valence-electron chi connectivity index (χ1n) is 5.45. The van der Waals surface area contributed by atoms with Crippen molar-refractivity contribution in [1.29, 1.82) is 0 Å². The Morgan fingerprint density at radius 2 is 1.86 bits per heavy atom. The van der Waals surface area contributed by atoms with Crippen molar-refractivity contribution in [2.45, 2.75) is 38.5 Å². The molecule has 0 aromatic carbocycles. The second-order valence-corrected chi connectivity index (χ2v) is 4.34. The number of carbonyl (C=O) groups is 2. The van der Waals surface area contributed by atoms with Gasteiger partial charge in [-0.2, -0.15) is 0 Å². The number of ether oxygens (including phenoxy) is 1. The molecule has 1 aliphatic carbocycles. The average Bonchev–Trinajstić information content (AvgIpc) is 2.44. The lowest BCUT2D eigenvalue weighted by atomic mass is 9.83. The fourth-order valence-corrected chi connectivity index (χ4v) is 2.58. The van der Waals surface area contributed by atoms with Crippen LogP contribution in [0, 0.1) is 11.8 Å². The zero-order chi connectivity index (χ0) is 9.97. The number of hydrogen-bond donors (Lipinski definition) is 0. The molecule has 0 aromatic heterocycles. The van der Waals surface area contributed by atoms with Crippen LogP contribution >= 0.6 is 0 Å². The van der Waals surface area contributed by atoms with E-state index in [1.165, 1.54) is 6.42 Å². The van der Waals surface area contributed by atoms with Crippen molar-refractivity contribution in [2.24, 2.45) is 11.8 Å². The van der Waals surface area contributed by atoms with E-state index in [0.29, 0.717) is 6.42 Å². The lowest BCUT2D eigenvalue weighted by Gasteiger charge is -2.18. The molecule has 0 spiro atoms. The van der Waals surface area contributed by atoms with Crippen LogP contribution in [0.15, 0.2) is 0 Å². The van der Waals surface area contributed by atoms with Gasteiger partial charge in [-0.3, -0.25) is 9.59 Å². The highest BCUT2D eigenvalue weighted by molar-refractivity contribution is 5.87. The predicted octanol–water partition coefficient (Wildman–Crippen LogP) is 1.70. The summed E-state index contributed by atoms with van der Waals surface area (Å²) < 4.78 is 4.86. The third-order valence-electron chi connectivity index (χ3n) is 3.38. The van der Waals surface area contributed by atoms with Crippen molar-refractivity contribution in [2.75, 3.05) is 6.61 Å². The van der Waals surface area contributed by atoms with Gasteiger partial charge in [-0.05, 0) is 18.8 Å². The SMILES string of the molecule is O=C1C[C@H]2CCCCC[C@H]2C(=O)CO1. The molecule has 14 heavy (non-hydrogen) atoms. The van der Waals surface area contributed by atoms with Gasteiger partial charge < -0.3 is 4.74 Å². The van der Waals surface area contributed by atoms with Crippen molar-refractivity contribution >= 4 is 11.8 Å². The maximum Gasteiger partial charge on any atom is 0.306 e. The summed E-state index contributed by atoms with van der Waals surface area (Å²) in [4.78, 5) is 22.9. The molecule has 0 aromatic rings. The standard InChI is InChI=1S/C11H16O3/c12-10-7-14-11(13)6-8-4-2-1-3-5-9(8)10/h8-9H,1-7H2/t8-,9-/m1/s1. The van der Waals surface area contributed by atoms with Crippen molar-refractivity contribution in [1.82, 2.24) is 0 Å². The first kappa shape index (κ1) is 9.69. The van der Waals surface area contributed by atoms with Gasteiger partial charge in [-0.25, -0.2) is 0 Å². The van der Waals surface area contributed by atoms with Gasteiger partial charge in [0, 0.05) is 12.3 Å². The van der Waals surface area contributed by atoms with Crippen LogP contribution in [-0.4, -0.2) is 18.4 Å². The average molecular weight is 196 g/mol. The summed E-state index contributed by atoms with van der Waals surface area (Å²) in [6.07, 6.45) is 5.92. The Balaban J connectivity index is 2.13. The third kappa shape index (κ3) is 1.97. The summed E-state index contributed by atoms with van der Waals surface area (Å²) in [7, 11) is 0. The van der Waals surface area contributed by atoms with Crippen LogP contribution in [-0.2, 0) is 14.3 Å². The molecule has 0 bridgehead atoms.